The Hall–Kier alpha value is -2.68. The molecule has 0 atom stereocenters. The largest absolute Gasteiger partial charge is 0.198 e. The van der Waals surface area contributed by atoms with Crippen LogP contribution in [0.25, 0.3) is 0 Å². The molecular weight excluding hydrogens is 244 g/mol. The number of nitriles is 2. The molecule has 0 amide bonds. The van der Waals surface area contributed by atoms with E-state index in [4.69, 9.17) is 10.5 Å². The van der Waals surface area contributed by atoms with E-state index >= 15 is 0 Å². The first-order valence-electron chi connectivity index (χ1n) is 6.68. The number of hydrogen-bond donors (Lipinski definition) is 0. The molecule has 98 valence electrons. The molecule has 0 unspecified atom stereocenters. The van der Waals surface area contributed by atoms with Gasteiger partial charge in [-0.2, -0.15) is 10.5 Å². The molecule has 1 aromatic carbocycles. The fourth-order valence-electron chi connectivity index (χ4n) is 1.48. The Kier molecular flexibility index (Phi) is 7.89. The number of nitrogens with zero attached hydrogens (tertiary/aromatic N) is 2. The van der Waals surface area contributed by atoms with Crippen molar-refractivity contribution < 1.29 is 0 Å². The van der Waals surface area contributed by atoms with Gasteiger partial charge in [0.2, 0.25) is 0 Å². The standard InChI is InChI=1S/C18H16N2/c19-15-7-3-1-5-9-17-11-13-18(14-12-17)10-6-2-4-8-16-20/h11-14H,1-4,7-8H2. The van der Waals surface area contributed by atoms with Gasteiger partial charge in [-0.15, -0.1) is 0 Å². The van der Waals surface area contributed by atoms with Gasteiger partial charge in [-0.3, -0.25) is 0 Å². The average molecular weight is 260 g/mol. The minimum atomic E-state index is 0.564. The van der Waals surface area contributed by atoms with Crippen LogP contribution in [0.1, 0.15) is 49.7 Å². The topological polar surface area (TPSA) is 47.6 Å². The molecule has 0 N–H and O–H groups in total. The highest BCUT2D eigenvalue weighted by molar-refractivity contribution is 5.41. The van der Waals surface area contributed by atoms with Crippen LogP contribution in [0.3, 0.4) is 0 Å². The van der Waals surface area contributed by atoms with Gasteiger partial charge in [0, 0.05) is 36.8 Å². The summed E-state index contributed by atoms with van der Waals surface area (Å²) in [6.45, 7) is 0. The summed E-state index contributed by atoms with van der Waals surface area (Å²) in [7, 11) is 0. The Morgan fingerprint density at radius 2 is 1.05 bits per heavy atom. The number of rotatable bonds is 4. The van der Waals surface area contributed by atoms with Crippen molar-refractivity contribution in [2.45, 2.75) is 38.5 Å². The predicted molar refractivity (Wildman–Crippen MR) is 79.1 cm³/mol. The third-order valence-electron chi connectivity index (χ3n) is 2.53. The zero-order valence-corrected chi connectivity index (χ0v) is 11.4. The van der Waals surface area contributed by atoms with E-state index in [1.165, 1.54) is 0 Å². The van der Waals surface area contributed by atoms with Crippen LogP contribution < -0.4 is 0 Å². The summed E-state index contributed by atoms with van der Waals surface area (Å²) in [4.78, 5) is 0. The third-order valence-corrected chi connectivity index (χ3v) is 2.53. The summed E-state index contributed by atoms with van der Waals surface area (Å²) in [5.74, 6) is 12.3. The molecule has 0 bridgehead atoms. The summed E-state index contributed by atoms with van der Waals surface area (Å²) in [6.07, 6.45) is 4.30. The molecule has 0 radical (unpaired) electrons. The van der Waals surface area contributed by atoms with Crippen molar-refractivity contribution in [3.63, 3.8) is 0 Å². The summed E-state index contributed by atoms with van der Waals surface area (Å²) in [6, 6.07) is 12.0. The molecule has 1 aromatic rings. The molecular formula is C18H16N2. The van der Waals surface area contributed by atoms with Crippen molar-refractivity contribution >= 4 is 0 Å². The van der Waals surface area contributed by atoms with Gasteiger partial charge < -0.3 is 0 Å². The molecule has 0 fully saturated rings. The summed E-state index contributed by atoms with van der Waals surface area (Å²) in [5.41, 5.74) is 1.94. The minimum Gasteiger partial charge on any atom is -0.198 e. The Morgan fingerprint density at radius 1 is 0.650 bits per heavy atom. The van der Waals surface area contributed by atoms with E-state index in [-0.39, 0.29) is 0 Å². The Labute approximate surface area is 121 Å². The molecule has 0 saturated carbocycles. The highest BCUT2D eigenvalue weighted by atomic mass is 14.2. The second kappa shape index (κ2) is 10.3. The van der Waals surface area contributed by atoms with E-state index in [2.05, 4.69) is 35.8 Å². The maximum absolute atomic E-state index is 8.40. The highest BCUT2D eigenvalue weighted by Crippen LogP contribution is 2.03. The Morgan fingerprint density at radius 3 is 1.40 bits per heavy atom. The van der Waals surface area contributed by atoms with Crippen molar-refractivity contribution in [2.75, 3.05) is 0 Å². The second-order valence-electron chi connectivity index (χ2n) is 4.20. The van der Waals surface area contributed by atoms with Crippen molar-refractivity contribution in [3.05, 3.63) is 35.4 Å². The summed E-state index contributed by atoms with van der Waals surface area (Å²) in [5, 5.41) is 16.8. The lowest BCUT2D eigenvalue weighted by atomic mass is 10.1. The molecule has 0 aromatic heterocycles. The average Bonchev–Trinajstić information content (AvgIpc) is 2.48. The molecule has 0 heterocycles. The highest BCUT2D eigenvalue weighted by Gasteiger charge is 1.88. The third kappa shape index (κ3) is 6.91. The SMILES string of the molecule is N#CCCCC#Cc1ccc(C#CCCCC#N)cc1. The molecule has 2 nitrogen and oxygen atoms in total. The quantitative estimate of drug-likeness (QED) is 0.611. The van der Waals surface area contributed by atoms with E-state index in [9.17, 15) is 0 Å². The van der Waals surface area contributed by atoms with Gasteiger partial charge >= 0.3 is 0 Å². The molecule has 1 rings (SSSR count). The lowest BCUT2D eigenvalue weighted by Crippen LogP contribution is -1.78. The van der Waals surface area contributed by atoms with Crippen LogP contribution in [0.2, 0.25) is 0 Å². The summed E-state index contributed by atoms with van der Waals surface area (Å²) < 4.78 is 0. The summed E-state index contributed by atoms with van der Waals surface area (Å²) >= 11 is 0. The fourth-order valence-corrected chi connectivity index (χ4v) is 1.48. The number of benzene rings is 1. The van der Waals surface area contributed by atoms with E-state index < -0.39 is 0 Å². The van der Waals surface area contributed by atoms with Gasteiger partial charge in [0.05, 0.1) is 12.1 Å². The monoisotopic (exact) mass is 260 g/mol. The van der Waals surface area contributed by atoms with Crippen molar-refractivity contribution in [2.24, 2.45) is 0 Å². The maximum Gasteiger partial charge on any atom is 0.0622 e. The van der Waals surface area contributed by atoms with Crippen LogP contribution in [-0.2, 0) is 0 Å². The molecule has 0 aliphatic rings. The zero-order chi connectivity index (χ0) is 14.5. The Bertz CT molecular complexity index is 547. The molecule has 2 heteroatoms. The number of hydrogen-bond acceptors (Lipinski definition) is 2. The molecule has 20 heavy (non-hydrogen) atoms. The smallest absolute Gasteiger partial charge is 0.0622 e. The molecule has 0 aliphatic heterocycles. The van der Waals surface area contributed by atoms with Crippen molar-refractivity contribution in [3.8, 4) is 35.8 Å². The predicted octanol–water partition coefficient (Wildman–Crippen LogP) is 3.78. The lowest BCUT2D eigenvalue weighted by Gasteiger charge is -1.92. The van der Waals surface area contributed by atoms with Gasteiger partial charge in [0.1, 0.15) is 0 Å². The Balaban J connectivity index is 2.44. The van der Waals surface area contributed by atoms with Crippen molar-refractivity contribution in [1.82, 2.24) is 0 Å². The first-order valence-corrected chi connectivity index (χ1v) is 6.68. The van der Waals surface area contributed by atoms with E-state index in [1.807, 2.05) is 24.3 Å². The van der Waals surface area contributed by atoms with Gasteiger partial charge in [0.25, 0.3) is 0 Å². The van der Waals surface area contributed by atoms with Gasteiger partial charge in [-0.05, 0) is 37.1 Å². The van der Waals surface area contributed by atoms with Gasteiger partial charge in [0.15, 0.2) is 0 Å². The molecule has 0 spiro atoms. The first-order chi connectivity index (χ1) is 9.86. The molecule has 0 aliphatic carbocycles. The lowest BCUT2D eigenvalue weighted by molar-refractivity contribution is 0.894. The van der Waals surface area contributed by atoms with Crippen LogP contribution in [0.4, 0.5) is 0 Å². The van der Waals surface area contributed by atoms with Crippen molar-refractivity contribution in [1.29, 1.82) is 10.5 Å². The van der Waals surface area contributed by atoms with Gasteiger partial charge in [-0.1, -0.05) is 23.7 Å². The van der Waals surface area contributed by atoms with E-state index in [0.717, 1.165) is 36.8 Å². The zero-order valence-electron chi connectivity index (χ0n) is 11.4. The minimum absolute atomic E-state index is 0.564. The normalized spacial score (nSPS) is 8.30. The number of unbranched alkanes of at least 4 members (excludes halogenated alkanes) is 4. The molecule has 0 saturated heterocycles. The van der Waals surface area contributed by atoms with Crippen LogP contribution >= 0.6 is 0 Å². The van der Waals surface area contributed by atoms with Crippen LogP contribution in [0.5, 0.6) is 0 Å². The van der Waals surface area contributed by atoms with Crippen LogP contribution in [0.15, 0.2) is 24.3 Å². The van der Waals surface area contributed by atoms with Crippen LogP contribution in [0, 0.1) is 46.3 Å². The van der Waals surface area contributed by atoms with E-state index in [0.29, 0.717) is 12.8 Å². The fraction of sp³-hybridized carbons (Fsp3) is 0.333. The second-order valence-corrected chi connectivity index (χ2v) is 4.20. The maximum atomic E-state index is 8.40. The van der Waals surface area contributed by atoms with E-state index in [1.54, 1.807) is 0 Å². The van der Waals surface area contributed by atoms with Gasteiger partial charge in [-0.25, -0.2) is 0 Å². The first kappa shape index (κ1) is 15.4. The van der Waals surface area contributed by atoms with Crippen LogP contribution in [-0.4, -0.2) is 0 Å².